The summed E-state index contributed by atoms with van der Waals surface area (Å²) in [7, 11) is 0. The average Bonchev–Trinajstić information content (AvgIpc) is 2.48. The van der Waals surface area contributed by atoms with Gasteiger partial charge in [-0.25, -0.2) is 9.97 Å². The molecule has 21 heavy (non-hydrogen) atoms. The maximum absolute atomic E-state index is 12.7. The quantitative estimate of drug-likeness (QED) is 0.910. The molecule has 0 saturated carbocycles. The van der Waals surface area contributed by atoms with Crippen LogP contribution in [0.5, 0.6) is 0 Å². The van der Waals surface area contributed by atoms with Gasteiger partial charge in [-0.1, -0.05) is 6.92 Å². The van der Waals surface area contributed by atoms with E-state index in [0.29, 0.717) is 25.7 Å². The molecule has 0 bridgehead atoms. The standard InChI is InChI=1S/C13H20F3N5/c1-2-10(9-17)20-5-7-21(8-6-20)12-18-4-3-11(19-12)13(14,15)16/h3-4,10H,2,5-9,17H2,1H3. The van der Waals surface area contributed by atoms with E-state index in [4.69, 9.17) is 5.73 Å². The molecule has 1 aromatic rings. The number of hydrogen-bond donors (Lipinski definition) is 1. The van der Waals surface area contributed by atoms with Crippen molar-refractivity contribution in [2.24, 2.45) is 5.73 Å². The monoisotopic (exact) mass is 303 g/mol. The molecule has 2 rings (SSSR count). The van der Waals surface area contributed by atoms with Crippen LogP contribution in [0.1, 0.15) is 19.0 Å². The van der Waals surface area contributed by atoms with E-state index in [-0.39, 0.29) is 5.95 Å². The number of nitrogens with zero attached hydrogens (tertiary/aromatic N) is 4. The summed E-state index contributed by atoms with van der Waals surface area (Å²) in [5.74, 6) is 0.144. The third-order valence-corrected chi connectivity index (χ3v) is 3.79. The smallest absolute Gasteiger partial charge is 0.338 e. The number of piperazine rings is 1. The Morgan fingerprint density at radius 3 is 2.48 bits per heavy atom. The highest BCUT2D eigenvalue weighted by Crippen LogP contribution is 2.28. The Balaban J connectivity index is 2.02. The van der Waals surface area contributed by atoms with Crippen molar-refractivity contribution in [3.05, 3.63) is 18.0 Å². The van der Waals surface area contributed by atoms with E-state index < -0.39 is 11.9 Å². The lowest BCUT2D eigenvalue weighted by Crippen LogP contribution is -2.52. The molecular formula is C13H20F3N5. The molecule has 0 radical (unpaired) electrons. The minimum Gasteiger partial charge on any atom is -0.338 e. The van der Waals surface area contributed by atoms with Crippen LogP contribution < -0.4 is 10.6 Å². The Bertz CT molecular complexity index is 453. The van der Waals surface area contributed by atoms with Crippen LogP contribution in [0.15, 0.2) is 12.3 Å². The van der Waals surface area contributed by atoms with Gasteiger partial charge in [-0.3, -0.25) is 4.90 Å². The molecule has 2 N–H and O–H groups in total. The zero-order valence-corrected chi connectivity index (χ0v) is 12.0. The molecule has 0 aromatic carbocycles. The van der Waals surface area contributed by atoms with Gasteiger partial charge in [0.15, 0.2) is 0 Å². The minimum atomic E-state index is -4.44. The Morgan fingerprint density at radius 1 is 1.29 bits per heavy atom. The van der Waals surface area contributed by atoms with Gasteiger partial charge in [0.1, 0.15) is 5.69 Å². The number of halogens is 3. The van der Waals surface area contributed by atoms with Crippen molar-refractivity contribution in [3.63, 3.8) is 0 Å². The van der Waals surface area contributed by atoms with Gasteiger partial charge in [0.25, 0.3) is 0 Å². The van der Waals surface area contributed by atoms with Crippen LogP contribution in [0.4, 0.5) is 19.1 Å². The largest absolute Gasteiger partial charge is 0.433 e. The predicted octanol–water partition coefficient (Wildman–Crippen LogP) is 1.35. The minimum absolute atomic E-state index is 0.144. The molecule has 8 heteroatoms. The molecule has 1 aliphatic heterocycles. The third kappa shape index (κ3) is 3.82. The van der Waals surface area contributed by atoms with Gasteiger partial charge in [0, 0.05) is 45.0 Å². The van der Waals surface area contributed by atoms with Gasteiger partial charge in [0.05, 0.1) is 0 Å². The van der Waals surface area contributed by atoms with Crippen LogP contribution in [0, 0.1) is 0 Å². The van der Waals surface area contributed by atoms with Gasteiger partial charge in [0.2, 0.25) is 5.95 Å². The Kier molecular flexibility index (Phi) is 5.00. The summed E-state index contributed by atoms with van der Waals surface area (Å²) in [6.45, 7) is 5.41. The molecule has 1 aromatic heterocycles. The van der Waals surface area contributed by atoms with E-state index in [0.717, 1.165) is 31.8 Å². The van der Waals surface area contributed by atoms with E-state index in [9.17, 15) is 13.2 Å². The second-order valence-corrected chi connectivity index (χ2v) is 5.06. The second-order valence-electron chi connectivity index (χ2n) is 5.06. The van der Waals surface area contributed by atoms with Crippen LogP contribution in [-0.2, 0) is 6.18 Å². The highest BCUT2D eigenvalue weighted by molar-refractivity contribution is 5.31. The molecule has 1 fully saturated rings. The van der Waals surface area contributed by atoms with E-state index in [1.807, 2.05) is 0 Å². The van der Waals surface area contributed by atoms with E-state index in [2.05, 4.69) is 21.8 Å². The summed E-state index contributed by atoms with van der Waals surface area (Å²) in [5, 5.41) is 0. The lowest BCUT2D eigenvalue weighted by Gasteiger charge is -2.38. The van der Waals surface area contributed by atoms with Gasteiger partial charge >= 0.3 is 6.18 Å². The number of alkyl halides is 3. The van der Waals surface area contributed by atoms with Crippen LogP contribution in [0.3, 0.4) is 0 Å². The normalized spacial score (nSPS) is 18.8. The number of anilines is 1. The van der Waals surface area contributed by atoms with Gasteiger partial charge in [-0.2, -0.15) is 13.2 Å². The molecule has 0 spiro atoms. The average molecular weight is 303 g/mol. The zero-order chi connectivity index (χ0) is 15.5. The lowest BCUT2D eigenvalue weighted by molar-refractivity contribution is -0.141. The predicted molar refractivity (Wildman–Crippen MR) is 74.0 cm³/mol. The number of nitrogens with two attached hydrogens (primary N) is 1. The molecule has 1 saturated heterocycles. The summed E-state index contributed by atoms with van der Waals surface area (Å²) in [6, 6.07) is 1.22. The number of rotatable bonds is 4. The summed E-state index contributed by atoms with van der Waals surface area (Å²) in [4.78, 5) is 11.6. The first-order valence-corrected chi connectivity index (χ1v) is 7.05. The Morgan fingerprint density at radius 2 is 1.95 bits per heavy atom. The van der Waals surface area contributed by atoms with Crippen LogP contribution >= 0.6 is 0 Å². The fraction of sp³-hybridized carbons (Fsp3) is 0.692. The van der Waals surface area contributed by atoms with Crippen LogP contribution in [0.2, 0.25) is 0 Å². The third-order valence-electron chi connectivity index (χ3n) is 3.79. The zero-order valence-electron chi connectivity index (χ0n) is 12.0. The maximum Gasteiger partial charge on any atom is 0.433 e. The molecule has 1 atom stereocenters. The summed E-state index contributed by atoms with van der Waals surface area (Å²) >= 11 is 0. The van der Waals surface area contributed by atoms with Crippen molar-refractivity contribution in [2.75, 3.05) is 37.6 Å². The number of hydrogen-bond acceptors (Lipinski definition) is 5. The molecule has 1 unspecified atom stereocenters. The summed E-state index contributed by atoms with van der Waals surface area (Å²) in [6.07, 6.45) is -2.31. The molecule has 0 aliphatic carbocycles. The Hall–Kier alpha value is -1.41. The summed E-state index contributed by atoms with van der Waals surface area (Å²) < 4.78 is 38.0. The van der Waals surface area contributed by atoms with E-state index in [1.165, 1.54) is 0 Å². The molecule has 118 valence electrons. The fourth-order valence-corrected chi connectivity index (χ4v) is 2.52. The second kappa shape index (κ2) is 6.57. The van der Waals surface area contributed by atoms with Crippen molar-refractivity contribution in [1.29, 1.82) is 0 Å². The van der Waals surface area contributed by atoms with Gasteiger partial charge < -0.3 is 10.6 Å². The molecule has 5 nitrogen and oxygen atoms in total. The molecule has 0 amide bonds. The highest BCUT2D eigenvalue weighted by Gasteiger charge is 2.33. The van der Waals surface area contributed by atoms with Crippen molar-refractivity contribution in [1.82, 2.24) is 14.9 Å². The van der Waals surface area contributed by atoms with Crippen molar-refractivity contribution in [2.45, 2.75) is 25.6 Å². The van der Waals surface area contributed by atoms with Gasteiger partial charge in [-0.15, -0.1) is 0 Å². The highest BCUT2D eigenvalue weighted by atomic mass is 19.4. The molecular weight excluding hydrogens is 283 g/mol. The number of aromatic nitrogens is 2. The van der Waals surface area contributed by atoms with Crippen LogP contribution in [0.25, 0.3) is 0 Å². The van der Waals surface area contributed by atoms with Crippen molar-refractivity contribution < 1.29 is 13.2 Å². The first-order valence-electron chi connectivity index (χ1n) is 7.05. The van der Waals surface area contributed by atoms with E-state index >= 15 is 0 Å². The van der Waals surface area contributed by atoms with E-state index in [1.54, 1.807) is 4.90 Å². The maximum atomic E-state index is 12.7. The van der Waals surface area contributed by atoms with Crippen LogP contribution in [-0.4, -0.2) is 53.6 Å². The fourth-order valence-electron chi connectivity index (χ4n) is 2.52. The van der Waals surface area contributed by atoms with Gasteiger partial charge in [-0.05, 0) is 12.5 Å². The first-order chi connectivity index (χ1) is 9.95. The molecule has 2 heterocycles. The van der Waals surface area contributed by atoms with Crippen molar-refractivity contribution >= 4 is 5.95 Å². The topological polar surface area (TPSA) is 58.3 Å². The van der Waals surface area contributed by atoms with Crippen molar-refractivity contribution in [3.8, 4) is 0 Å². The molecule has 1 aliphatic rings. The first kappa shape index (κ1) is 16.0. The Labute approximate surface area is 122 Å². The SMILES string of the molecule is CCC(CN)N1CCN(c2nccc(C(F)(F)F)n2)CC1. The lowest BCUT2D eigenvalue weighted by atomic mass is 10.1. The summed E-state index contributed by atoms with van der Waals surface area (Å²) in [5.41, 5.74) is 4.82.